The van der Waals surface area contributed by atoms with Gasteiger partial charge in [0.1, 0.15) is 5.82 Å². The number of likely N-dealkylation sites (N-methyl/N-ethyl adjacent to an activating group) is 1. The Bertz CT molecular complexity index is 486. The fourth-order valence-corrected chi connectivity index (χ4v) is 2.71. The molecular weight excluding hydrogens is 311 g/mol. The summed E-state index contributed by atoms with van der Waals surface area (Å²) in [6.07, 6.45) is 3.33. The van der Waals surface area contributed by atoms with E-state index < -0.39 is 5.82 Å². The van der Waals surface area contributed by atoms with Gasteiger partial charge in [-0.15, -0.1) is 0 Å². The average molecular weight is 329 g/mol. The summed E-state index contributed by atoms with van der Waals surface area (Å²) < 4.78 is 14.3. The first-order valence-electron chi connectivity index (χ1n) is 6.35. The van der Waals surface area contributed by atoms with Crippen LogP contribution in [0.4, 0.5) is 4.39 Å². The summed E-state index contributed by atoms with van der Waals surface area (Å²) in [5.74, 6) is -0.850. The molecule has 19 heavy (non-hydrogen) atoms. The van der Waals surface area contributed by atoms with Crippen LogP contribution in [-0.2, 0) is 0 Å². The lowest BCUT2D eigenvalue weighted by Gasteiger charge is -2.47. The van der Waals surface area contributed by atoms with E-state index in [4.69, 9.17) is 0 Å². The van der Waals surface area contributed by atoms with E-state index in [-0.39, 0.29) is 17.0 Å². The van der Waals surface area contributed by atoms with Gasteiger partial charge in [-0.2, -0.15) is 0 Å². The number of benzene rings is 1. The first kappa shape index (κ1) is 14.5. The van der Waals surface area contributed by atoms with Gasteiger partial charge in [-0.25, -0.2) is 4.39 Å². The summed E-state index contributed by atoms with van der Waals surface area (Å²) in [4.78, 5) is 14.1. The van der Waals surface area contributed by atoms with Crippen molar-refractivity contribution in [1.29, 1.82) is 0 Å². The van der Waals surface area contributed by atoms with Gasteiger partial charge in [-0.1, -0.05) is 15.9 Å². The second kappa shape index (κ2) is 5.59. The van der Waals surface area contributed by atoms with E-state index in [1.54, 1.807) is 6.07 Å². The summed E-state index contributed by atoms with van der Waals surface area (Å²) in [6, 6.07) is 4.47. The highest BCUT2D eigenvalue weighted by atomic mass is 79.9. The molecule has 3 nitrogen and oxygen atoms in total. The molecule has 0 aromatic heterocycles. The molecule has 0 bridgehead atoms. The van der Waals surface area contributed by atoms with Gasteiger partial charge >= 0.3 is 0 Å². The van der Waals surface area contributed by atoms with E-state index >= 15 is 0 Å². The van der Waals surface area contributed by atoms with Gasteiger partial charge in [0.2, 0.25) is 0 Å². The molecule has 0 unspecified atom stereocenters. The predicted octanol–water partition coefficient (Wildman–Crippen LogP) is 2.80. The molecule has 0 atom stereocenters. The molecule has 1 N–H and O–H groups in total. The van der Waals surface area contributed by atoms with Crippen molar-refractivity contribution in [2.24, 2.45) is 0 Å². The van der Waals surface area contributed by atoms with Crippen LogP contribution in [0.3, 0.4) is 0 Å². The maximum atomic E-state index is 13.7. The molecule has 1 aromatic carbocycles. The maximum absolute atomic E-state index is 13.7. The Morgan fingerprint density at radius 2 is 2.16 bits per heavy atom. The van der Waals surface area contributed by atoms with Crippen molar-refractivity contribution >= 4 is 21.8 Å². The Balaban J connectivity index is 2.01. The van der Waals surface area contributed by atoms with Crippen molar-refractivity contribution in [1.82, 2.24) is 10.2 Å². The topological polar surface area (TPSA) is 32.3 Å². The molecule has 0 radical (unpaired) electrons. The third-order valence-corrected chi connectivity index (χ3v) is 4.48. The molecule has 1 saturated carbocycles. The number of halogens is 2. The largest absolute Gasteiger partial charge is 0.350 e. The van der Waals surface area contributed by atoms with Crippen LogP contribution in [0.2, 0.25) is 0 Å². The number of rotatable bonds is 4. The lowest BCUT2D eigenvalue weighted by molar-refractivity contribution is 0.0556. The Labute approximate surface area is 121 Å². The van der Waals surface area contributed by atoms with Crippen LogP contribution in [0.15, 0.2) is 22.7 Å². The summed E-state index contributed by atoms with van der Waals surface area (Å²) in [5, 5.41) is 2.85. The highest BCUT2D eigenvalue weighted by molar-refractivity contribution is 9.10. The number of hydrogen-bond donors (Lipinski definition) is 1. The average Bonchev–Trinajstić information content (AvgIpc) is 2.26. The normalized spacial score (nSPS) is 17.1. The highest BCUT2D eigenvalue weighted by Crippen LogP contribution is 2.35. The second-order valence-electron chi connectivity index (χ2n) is 5.28. The van der Waals surface area contributed by atoms with Crippen LogP contribution in [0, 0.1) is 5.82 Å². The number of carbonyl (C=O) groups is 1. The van der Waals surface area contributed by atoms with Gasteiger partial charge in [-0.3, -0.25) is 4.79 Å². The minimum Gasteiger partial charge on any atom is -0.350 e. The first-order valence-corrected chi connectivity index (χ1v) is 7.15. The summed E-state index contributed by atoms with van der Waals surface area (Å²) in [6.45, 7) is 0.564. The van der Waals surface area contributed by atoms with Gasteiger partial charge < -0.3 is 10.2 Å². The molecule has 1 aliphatic rings. The molecule has 0 saturated heterocycles. The molecule has 1 aromatic rings. The number of nitrogens with zero attached hydrogens (tertiary/aromatic N) is 1. The summed E-state index contributed by atoms with van der Waals surface area (Å²) >= 11 is 3.18. The van der Waals surface area contributed by atoms with Crippen LogP contribution in [-0.4, -0.2) is 37.0 Å². The SMILES string of the molecule is CN(C)C1(CNC(=O)c2ccc(Br)cc2F)CCC1. The monoisotopic (exact) mass is 328 g/mol. The molecule has 0 heterocycles. The van der Waals surface area contributed by atoms with Crippen molar-refractivity contribution in [2.75, 3.05) is 20.6 Å². The van der Waals surface area contributed by atoms with Gasteiger partial charge in [0.05, 0.1) is 5.56 Å². The third-order valence-electron chi connectivity index (χ3n) is 3.99. The lowest BCUT2D eigenvalue weighted by atomic mass is 9.75. The Hall–Kier alpha value is -0.940. The quantitative estimate of drug-likeness (QED) is 0.921. The Kier molecular flexibility index (Phi) is 4.26. The van der Waals surface area contributed by atoms with E-state index in [1.165, 1.54) is 18.6 Å². The first-order chi connectivity index (χ1) is 8.94. The van der Waals surface area contributed by atoms with Crippen LogP contribution in [0.25, 0.3) is 0 Å². The molecular formula is C14H18BrFN2O. The molecule has 0 spiro atoms. The van der Waals surface area contributed by atoms with Crippen molar-refractivity contribution < 1.29 is 9.18 Å². The van der Waals surface area contributed by atoms with Gasteiger partial charge in [0, 0.05) is 16.6 Å². The number of amides is 1. The van der Waals surface area contributed by atoms with Gasteiger partial charge in [0.25, 0.3) is 5.91 Å². The summed E-state index contributed by atoms with van der Waals surface area (Å²) in [5.41, 5.74) is 0.137. The molecule has 1 amide bonds. The van der Waals surface area contributed by atoms with Crippen molar-refractivity contribution in [3.05, 3.63) is 34.1 Å². The number of nitrogens with one attached hydrogen (secondary N) is 1. The van der Waals surface area contributed by atoms with E-state index in [0.717, 1.165) is 12.8 Å². The predicted molar refractivity (Wildman–Crippen MR) is 76.7 cm³/mol. The molecule has 0 aliphatic heterocycles. The number of hydrogen-bond acceptors (Lipinski definition) is 2. The fraction of sp³-hybridized carbons (Fsp3) is 0.500. The van der Waals surface area contributed by atoms with Gasteiger partial charge in [-0.05, 0) is 51.6 Å². The maximum Gasteiger partial charge on any atom is 0.254 e. The molecule has 1 aliphatic carbocycles. The zero-order chi connectivity index (χ0) is 14.0. The Morgan fingerprint density at radius 3 is 2.63 bits per heavy atom. The van der Waals surface area contributed by atoms with Crippen molar-refractivity contribution in [3.8, 4) is 0 Å². The summed E-state index contributed by atoms with van der Waals surface area (Å²) in [7, 11) is 4.04. The Morgan fingerprint density at radius 1 is 1.47 bits per heavy atom. The van der Waals surface area contributed by atoms with Crippen molar-refractivity contribution in [3.63, 3.8) is 0 Å². The van der Waals surface area contributed by atoms with E-state index in [0.29, 0.717) is 11.0 Å². The molecule has 5 heteroatoms. The zero-order valence-electron chi connectivity index (χ0n) is 11.2. The third kappa shape index (κ3) is 2.98. The van der Waals surface area contributed by atoms with Crippen molar-refractivity contribution in [2.45, 2.75) is 24.8 Å². The smallest absolute Gasteiger partial charge is 0.254 e. The van der Waals surface area contributed by atoms with Crippen LogP contribution >= 0.6 is 15.9 Å². The molecule has 104 valence electrons. The van der Waals surface area contributed by atoms with Gasteiger partial charge in [0.15, 0.2) is 0 Å². The van der Waals surface area contributed by atoms with E-state index in [2.05, 4.69) is 26.1 Å². The second-order valence-corrected chi connectivity index (χ2v) is 6.19. The molecule has 2 rings (SSSR count). The fourth-order valence-electron chi connectivity index (χ4n) is 2.38. The lowest BCUT2D eigenvalue weighted by Crippen LogP contribution is -2.57. The van der Waals surface area contributed by atoms with E-state index in [1.807, 2.05) is 14.1 Å². The number of carbonyl (C=O) groups excluding carboxylic acids is 1. The van der Waals surface area contributed by atoms with Crippen LogP contribution in [0.5, 0.6) is 0 Å². The van der Waals surface area contributed by atoms with E-state index in [9.17, 15) is 9.18 Å². The highest BCUT2D eigenvalue weighted by Gasteiger charge is 2.39. The minimum absolute atomic E-state index is 0.0432. The standard InChI is InChI=1S/C14H18BrFN2O/c1-18(2)14(6-3-7-14)9-17-13(19)11-5-4-10(15)8-12(11)16/h4-5,8H,3,6-7,9H2,1-2H3,(H,17,19). The zero-order valence-corrected chi connectivity index (χ0v) is 12.8. The van der Waals surface area contributed by atoms with Crippen LogP contribution < -0.4 is 5.32 Å². The molecule has 1 fully saturated rings. The van der Waals surface area contributed by atoms with Crippen LogP contribution in [0.1, 0.15) is 29.6 Å². The minimum atomic E-state index is -0.501.